The fraction of sp³-hybridized carbons (Fsp3) is 0.474. The lowest BCUT2D eigenvalue weighted by atomic mass is 9.85. The van der Waals surface area contributed by atoms with Crippen LogP contribution >= 0.6 is 0 Å². The van der Waals surface area contributed by atoms with Crippen LogP contribution in [0.3, 0.4) is 0 Å². The molecule has 2 aliphatic heterocycles. The molecule has 2 aromatic rings. The zero-order chi connectivity index (χ0) is 22.5. The molecule has 0 bridgehead atoms. The van der Waals surface area contributed by atoms with Gasteiger partial charge in [-0.1, -0.05) is 0 Å². The third kappa shape index (κ3) is 3.82. The first-order valence-electron chi connectivity index (χ1n) is 9.66. The Balaban J connectivity index is 1.69. The molecule has 2 N–H and O–H groups in total. The molecule has 0 unspecified atom stereocenters. The van der Waals surface area contributed by atoms with Gasteiger partial charge in [0.25, 0.3) is 5.92 Å². The second-order valence-electron chi connectivity index (χ2n) is 7.80. The first-order chi connectivity index (χ1) is 14.6. The van der Waals surface area contributed by atoms with Gasteiger partial charge in [0, 0.05) is 25.4 Å². The Bertz CT molecular complexity index is 1090. The van der Waals surface area contributed by atoms with Crippen molar-refractivity contribution in [3.05, 3.63) is 23.5 Å². The number of hydrogen-bond donors (Lipinski definition) is 2. The number of carbonyl (C=O) groups excluding carboxylic acids is 2. The van der Waals surface area contributed by atoms with Gasteiger partial charge >= 0.3 is 12.0 Å². The number of likely N-dealkylation sites (tertiary alicyclic amines) is 1. The van der Waals surface area contributed by atoms with Gasteiger partial charge in [0.05, 0.1) is 24.5 Å². The number of nitrogens with one attached hydrogen (secondary N) is 1. The number of carbonyl (C=O) groups is 3. The molecular weight excluding hydrogens is 419 g/mol. The van der Waals surface area contributed by atoms with E-state index in [0.29, 0.717) is 5.52 Å². The number of aryl methyl sites for hydroxylation is 1. The summed E-state index contributed by atoms with van der Waals surface area (Å²) >= 11 is 0. The maximum atomic E-state index is 15.0. The number of imide groups is 1. The van der Waals surface area contributed by atoms with Crippen LogP contribution in [0.5, 0.6) is 0 Å². The summed E-state index contributed by atoms with van der Waals surface area (Å²) in [5.74, 6) is -7.09. The standard InChI is InChI=1S/C19H20F3N5O4/c1-25-14-7-10(12-2-4-26(8-16(29)30)9-19(12,21)22)13(20)6-11(14)17(24-25)27-5-3-15(28)23-18(27)31/h6-7,12H,2-5,8-9H2,1H3,(H,29,30)(H,23,28,31)/t12-/m1/s1. The Kier molecular flexibility index (Phi) is 5.12. The van der Waals surface area contributed by atoms with E-state index in [1.54, 1.807) is 7.05 Å². The molecule has 2 aliphatic rings. The number of halogens is 3. The van der Waals surface area contributed by atoms with Crippen molar-refractivity contribution in [3.63, 3.8) is 0 Å². The predicted molar refractivity (Wildman–Crippen MR) is 103 cm³/mol. The maximum absolute atomic E-state index is 15.0. The van der Waals surface area contributed by atoms with E-state index in [0.717, 1.165) is 11.0 Å². The van der Waals surface area contributed by atoms with Crippen LogP contribution in [0.1, 0.15) is 24.3 Å². The third-order valence-electron chi connectivity index (χ3n) is 5.67. The first kappa shape index (κ1) is 21.1. The summed E-state index contributed by atoms with van der Waals surface area (Å²) in [5.41, 5.74) is 0.181. The number of alkyl halides is 2. The Hall–Kier alpha value is -3.15. The number of fused-ring (bicyclic) bond motifs is 1. The highest BCUT2D eigenvalue weighted by Crippen LogP contribution is 2.43. The van der Waals surface area contributed by atoms with Crippen LogP contribution in [0.15, 0.2) is 12.1 Å². The SMILES string of the molecule is Cn1nc(N2CCC(=O)NC2=O)c2cc(F)c([C@H]3CCN(CC(=O)O)CC3(F)F)cc21. The van der Waals surface area contributed by atoms with Gasteiger partial charge in [-0.3, -0.25) is 29.4 Å². The van der Waals surface area contributed by atoms with Crippen molar-refractivity contribution >= 4 is 34.6 Å². The topological polar surface area (TPSA) is 108 Å². The number of piperidine rings is 1. The molecule has 1 atom stereocenters. The molecule has 0 radical (unpaired) electrons. The fourth-order valence-electron chi connectivity index (χ4n) is 4.23. The van der Waals surface area contributed by atoms with Crippen LogP contribution < -0.4 is 10.2 Å². The number of nitrogens with zero attached hydrogens (tertiary/aromatic N) is 4. The van der Waals surface area contributed by atoms with Crippen molar-refractivity contribution in [2.24, 2.45) is 7.05 Å². The summed E-state index contributed by atoms with van der Waals surface area (Å²) in [5, 5.41) is 15.5. The van der Waals surface area contributed by atoms with Crippen LogP contribution in [0.25, 0.3) is 10.9 Å². The van der Waals surface area contributed by atoms with Crippen molar-refractivity contribution < 1.29 is 32.7 Å². The molecule has 4 rings (SSSR count). The number of carboxylic acids is 1. The molecule has 9 nitrogen and oxygen atoms in total. The first-order valence-corrected chi connectivity index (χ1v) is 9.66. The minimum atomic E-state index is -3.32. The number of carboxylic acid groups (broad SMARTS) is 1. The number of urea groups is 1. The molecule has 0 aliphatic carbocycles. The van der Waals surface area contributed by atoms with E-state index in [1.807, 2.05) is 0 Å². The van der Waals surface area contributed by atoms with Gasteiger partial charge in [-0.05, 0) is 30.7 Å². The summed E-state index contributed by atoms with van der Waals surface area (Å²) in [7, 11) is 1.55. The van der Waals surface area contributed by atoms with Crippen LogP contribution in [0, 0.1) is 5.82 Å². The molecule has 2 saturated heterocycles. The fourth-order valence-corrected chi connectivity index (χ4v) is 4.23. The van der Waals surface area contributed by atoms with Crippen molar-refractivity contribution in [2.45, 2.75) is 24.7 Å². The Labute approximate surface area is 174 Å². The van der Waals surface area contributed by atoms with Gasteiger partial charge in [0.15, 0.2) is 5.82 Å². The van der Waals surface area contributed by atoms with Crippen LogP contribution in [-0.2, 0) is 16.6 Å². The zero-order valence-electron chi connectivity index (χ0n) is 16.6. The molecule has 3 heterocycles. The van der Waals surface area contributed by atoms with Gasteiger partial charge in [-0.15, -0.1) is 0 Å². The van der Waals surface area contributed by atoms with E-state index in [4.69, 9.17) is 5.11 Å². The smallest absolute Gasteiger partial charge is 0.329 e. The van der Waals surface area contributed by atoms with E-state index in [-0.39, 0.29) is 42.7 Å². The van der Waals surface area contributed by atoms with Crippen LogP contribution in [-0.4, -0.2) is 69.8 Å². The van der Waals surface area contributed by atoms with Crippen molar-refractivity contribution in [1.82, 2.24) is 20.0 Å². The highest BCUT2D eigenvalue weighted by molar-refractivity contribution is 6.08. The zero-order valence-corrected chi connectivity index (χ0v) is 16.6. The van der Waals surface area contributed by atoms with Gasteiger partial charge in [-0.25, -0.2) is 18.0 Å². The van der Waals surface area contributed by atoms with E-state index in [2.05, 4.69) is 10.4 Å². The number of aliphatic carboxylic acids is 1. The van der Waals surface area contributed by atoms with E-state index in [9.17, 15) is 23.2 Å². The quantitative estimate of drug-likeness (QED) is 0.751. The molecule has 2 fully saturated rings. The van der Waals surface area contributed by atoms with E-state index >= 15 is 4.39 Å². The molecule has 0 saturated carbocycles. The second-order valence-corrected chi connectivity index (χ2v) is 7.80. The van der Waals surface area contributed by atoms with Gasteiger partial charge < -0.3 is 5.11 Å². The molecule has 166 valence electrons. The van der Waals surface area contributed by atoms with Crippen LogP contribution in [0.4, 0.5) is 23.8 Å². The van der Waals surface area contributed by atoms with E-state index in [1.165, 1.54) is 15.6 Å². The molecule has 12 heteroatoms. The highest BCUT2D eigenvalue weighted by Gasteiger charge is 2.46. The Morgan fingerprint density at radius 2 is 2.06 bits per heavy atom. The average Bonchev–Trinajstić information content (AvgIpc) is 2.96. The third-order valence-corrected chi connectivity index (χ3v) is 5.67. The molecular formula is C19H20F3N5O4. The number of amides is 3. The highest BCUT2D eigenvalue weighted by atomic mass is 19.3. The number of rotatable bonds is 4. The van der Waals surface area contributed by atoms with E-state index < -0.39 is 48.7 Å². The summed E-state index contributed by atoms with van der Waals surface area (Å²) < 4.78 is 46.0. The lowest BCUT2D eigenvalue weighted by Crippen LogP contribution is -2.49. The summed E-state index contributed by atoms with van der Waals surface area (Å²) in [6.07, 6.45) is -0.0461. The summed E-state index contributed by atoms with van der Waals surface area (Å²) in [6.45, 7) is -1.11. The van der Waals surface area contributed by atoms with Crippen molar-refractivity contribution in [3.8, 4) is 0 Å². The molecule has 1 aromatic carbocycles. The Morgan fingerprint density at radius 1 is 1.32 bits per heavy atom. The number of hydrogen-bond acceptors (Lipinski definition) is 5. The lowest BCUT2D eigenvalue weighted by Gasteiger charge is -2.38. The van der Waals surface area contributed by atoms with Gasteiger partial charge in [-0.2, -0.15) is 5.10 Å². The second kappa shape index (κ2) is 7.52. The van der Waals surface area contributed by atoms with Gasteiger partial charge in [0.2, 0.25) is 5.91 Å². The number of anilines is 1. The van der Waals surface area contributed by atoms with Crippen molar-refractivity contribution in [1.29, 1.82) is 0 Å². The predicted octanol–water partition coefficient (Wildman–Crippen LogP) is 1.67. The molecule has 1 aromatic heterocycles. The number of benzene rings is 1. The minimum Gasteiger partial charge on any atom is -0.480 e. The minimum absolute atomic E-state index is 0.0610. The van der Waals surface area contributed by atoms with Crippen LogP contribution in [0.2, 0.25) is 0 Å². The monoisotopic (exact) mass is 439 g/mol. The average molecular weight is 439 g/mol. The Morgan fingerprint density at radius 3 is 2.71 bits per heavy atom. The molecule has 0 spiro atoms. The van der Waals surface area contributed by atoms with Crippen molar-refractivity contribution in [2.75, 3.05) is 31.1 Å². The largest absolute Gasteiger partial charge is 0.480 e. The van der Waals surface area contributed by atoms with Gasteiger partial charge in [0.1, 0.15) is 5.82 Å². The molecule has 31 heavy (non-hydrogen) atoms. The normalized spacial score (nSPS) is 22.1. The summed E-state index contributed by atoms with van der Waals surface area (Å²) in [6, 6.07) is 1.70. The summed E-state index contributed by atoms with van der Waals surface area (Å²) in [4.78, 5) is 36.7. The maximum Gasteiger partial charge on any atom is 0.329 e. The molecule has 3 amide bonds. The number of aromatic nitrogens is 2. The lowest BCUT2D eigenvalue weighted by molar-refractivity contribution is -0.142.